The van der Waals surface area contributed by atoms with Crippen LogP contribution in [0.5, 0.6) is 0 Å². The summed E-state index contributed by atoms with van der Waals surface area (Å²) in [4.78, 5) is 11.0. The van der Waals surface area contributed by atoms with Crippen LogP contribution >= 0.6 is 11.6 Å². The van der Waals surface area contributed by atoms with Crippen LogP contribution in [0, 0.1) is 5.41 Å². The Morgan fingerprint density at radius 1 is 1.42 bits per heavy atom. The average molecular weight is 209 g/mol. The molecule has 0 heterocycles. The summed E-state index contributed by atoms with van der Waals surface area (Å²) >= 11 is 5.43. The van der Waals surface area contributed by atoms with Gasteiger partial charge in [-0.05, 0) is 30.1 Å². The van der Waals surface area contributed by atoms with Gasteiger partial charge in [-0.1, -0.05) is 20.8 Å². The van der Waals surface area contributed by atoms with Crippen molar-refractivity contribution in [3.63, 3.8) is 0 Å². The summed E-state index contributed by atoms with van der Waals surface area (Å²) in [6.45, 7) is 9.91. The highest BCUT2D eigenvalue weighted by Crippen LogP contribution is 2.24. The van der Waals surface area contributed by atoms with Crippen LogP contribution in [0.25, 0.3) is 0 Å². The van der Waals surface area contributed by atoms with Gasteiger partial charge >= 0.3 is 0 Å². The fraction of sp³-hybridized carbons (Fsp3) is 0.875. The Hall–Kier alpha value is 0.137. The lowest BCUT2D eigenvalue weighted by atomic mass is 9.90. The lowest BCUT2D eigenvalue weighted by Crippen LogP contribution is -2.37. The Bertz CT molecular complexity index is 163. The highest BCUT2D eigenvalue weighted by Gasteiger charge is 2.31. The van der Waals surface area contributed by atoms with Crippen molar-refractivity contribution >= 4 is 25.9 Å². The molecule has 0 fully saturated rings. The molecule has 0 aliphatic heterocycles. The lowest BCUT2D eigenvalue weighted by molar-refractivity contribution is -0.122. The summed E-state index contributed by atoms with van der Waals surface area (Å²) in [5.41, 5.74) is -0.198. The van der Waals surface area contributed by atoms with Gasteiger partial charge in [0.1, 0.15) is 6.10 Å². The molecular formula is C8H17ClO2Si. The molecular weight excluding hydrogens is 192 g/mol. The van der Waals surface area contributed by atoms with Crippen LogP contribution < -0.4 is 0 Å². The third kappa shape index (κ3) is 4.23. The Morgan fingerprint density at radius 2 is 1.83 bits per heavy atom. The minimum Gasteiger partial charge on any atom is -0.409 e. The van der Waals surface area contributed by atoms with Gasteiger partial charge < -0.3 is 4.43 Å². The summed E-state index contributed by atoms with van der Waals surface area (Å²) in [5, 5.41) is -0.385. The topological polar surface area (TPSA) is 26.3 Å². The van der Waals surface area contributed by atoms with E-state index in [1.807, 2.05) is 33.9 Å². The third-order valence-corrected chi connectivity index (χ3v) is 2.42. The lowest BCUT2D eigenvalue weighted by Gasteiger charge is -2.29. The van der Waals surface area contributed by atoms with Crippen molar-refractivity contribution in [3.8, 4) is 0 Å². The zero-order chi connectivity index (χ0) is 9.94. The van der Waals surface area contributed by atoms with E-state index in [-0.39, 0.29) is 10.7 Å². The van der Waals surface area contributed by atoms with Crippen LogP contribution in [0.2, 0.25) is 13.1 Å². The van der Waals surface area contributed by atoms with Crippen molar-refractivity contribution < 1.29 is 9.22 Å². The van der Waals surface area contributed by atoms with E-state index in [1.165, 1.54) is 0 Å². The second-order valence-corrected chi connectivity index (χ2v) is 6.98. The number of hydrogen-bond acceptors (Lipinski definition) is 2. The molecule has 0 aromatic carbocycles. The van der Waals surface area contributed by atoms with Crippen LogP contribution in [0.15, 0.2) is 0 Å². The summed E-state index contributed by atoms with van der Waals surface area (Å²) in [7, 11) is -1.19. The summed E-state index contributed by atoms with van der Waals surface area (Å²) < 4.78 is 5.53. The van der Waals surface area contributed by atoms with E-state index in [1.54, 1.807) is 0 Å². The molecule has 0 spiro atoms. The third-order valence-electron chi connectivity index (χ3n) is 1.40. The largest absolute Gasteiger partial charge is 0.409 e. The van der Waals surface area contributed by atoms with E-state index < -0.39 is 15.1 Å². The van der Waals surface area contributed by atoms with Crippen molar-refractivity contribution in [2.75, 3.05) is 0 Å². The van der Waals surface area contributed by atoms with Crippen molar-refractivity contribution in [1.82, 2.24) is 0 Å². The zero-order valence-corrected chi connectivity index (χ0v) is 10.3. The van der Waals surface area contributed by atoms with Gasteiger partial charge in [-0.2, -0.15) is 0 Å². The van der Waals surface area contributed by atoms with Gasteiger partial charge in [-0.15, -0.1) is 0 Å². The average Bonchev–Trinajstić information content (AvgIpc) is 1.79. The second-order valence-electron chi connectivity index (χ2n) is 4.24. The fourth-order valence-corrected chi connectivity index (χ4v) is 2.41. The van der Waals surface area contributed by atoms with E-state index >= 15 is 0 Å². The van der Waals surface area contributed by atoms with E-state index in [2.05, 4.69) is 0 Å². The molecule has 0 aromatic rings. The standard InChI is InChI=1S/C8H17ClO2Si/c1-8(2,3)6(7(9)10)11-12(4)5/h6,12H,1-5H3. The normalized spacial score (nSPS) is 14.9. The first-order valence-corrected chi connectivity index (χ1v) is 7.26. The first-order valence-electron chi connectivity index (χ1n) is 4.10. The number of hydrogen-bond donors (Lipinski definition) is 0. The molecule has 0 N–H and O–H groups in total. The first kappa shape index (κ1) is 12.1. The molecule has 0 aliphatic rings. The van der Waals surface area contributed by atoms with E-state index in [0.29, 0.717) is 0 Å². The highest BCUT2D eigenvalue weighted by molar-refractivity contribution is 6.65. The summed E-state index contributed by atoms with van der Waals surface area (Å²) in [5.74, 6) is 0. The minimum atomic E-state index is -1.19. The van der Waals surface area contributed by atoms with Gasteiger partial charge in [0.25, 0.3) is 0 Å². The maximum absolute atomic E-state index is 11.0. The molecule has 0 aromatic heterocycles. The highest BCUT2D eigenvalue weighted by atomic mass is 35.5. The number of halogens is 1. The molecule has 0 bridgehead atoms. The fourth-order valence-electron chi connectivity index (χ4n) is 0.870. The maximum Gasteiger partial charge on any atom is 0.249 e. The van der Waals surface area contributed by atoms with Crippen molar-refractivity contribution in [1.29, 1.82) is 0 Å². The molecule has 0 saturated heterocycles. The molecule has 0 aliphatic carbocycles. The van der Waals surface area contributed by atoms with Gasteiger partial charge in [0.15, 0.2) is 9.04 Å². The van der Waals surface area contributed by atoms with Gasteiger partial charge in [-0.3, -0.25) is 4.79 Å². The smallest absolute Gasteiger partial charge is 0.249 e. The Kier molecular flexibility index (Phi) is 4.44. The predicted octanol–water partition coefficient (Wildman–Crippen LogP) is 2.17. The molecule has 4 heteroatoms. The van der Waals surface area contributed by atoms with E-state index in [0.717, 1.165) is 0 Å². The van der Waals surface area contributed by atoms with Gasteiger partial charge in [0, 0.05) is 0 Å². The Balaban J connectivity index is 4.35. The summed E-state index contributed by atoms with van der Waals surface area (Å²) in [6.07, 6.45) is -0.453. The van der Waals surface area contributed by atoms with Crippen LogP contribution in [0.4, 0.5) is 0 Å². The van der Waals surface area contributed by atoms with Crippen LogP contribution in [-0.2, 0) is 9.22 Å². The number of carbonyl (C=O) groups is 1. The molecule has 0 saturated carbocycles. The van der Waals surface area contributed by atoms with Gasteiger partial charge in [0.2, 0.25) is 5.24 Å². The molecule has 1 unspecified atom stereocenters. The number of rotatable bonds is 3. The predicted molar refractivity (Wildman–Crippen MR) is 54.1 cm³/mol. The van der Waals surface area contributed by atoms with Gasteiger partial charge in [-0.25, -0.2) is 0 Å². The monoisotopic (exact) mass is 208 g/mol. The molecule has 0 radical (unpaired) electrons. The molecule has 1 atom stereocenters. The molecule has 0 rings (SSSR count). The Morgan fingerprint density at radius 3 is 1.92 bits per heavy atom. The second kappa shape index (κ2) is 4.39. The van der Waals surface area contributed by atoms with Crippen molar-refractivity contribution in [2.24, 2.45) is 5.41 Å². The first-order chi connectivity index (χ1) is 5.25. The van der Waals surface area contributed by atoms with Crippen LogP contribution in [-0.4, -0.2) is 20.4 Å². The minimum absolute atomic E-state index is 0.198. The molecule has 0 amide bonds. The molecule has 2 nitrogen and oxygen atoms in total. The quantitative estimate of drug-likeness (QED) is 0.525. The van der Waals surface area contributed by atoms with Gasteiger partial charge in [0.05, 0.1) is 0 Å². The van der Waals surface area contributed by atoms with Crippen LogP contribution in [0.1, 0.15) is 20.8 Å². The van der Waals surface area contributed by atoms with Crippen LogP contribution in [0.3, 0.4) is 0 Å². The van der Waals surface area contributed by atoms with E-state index in [4.69, 9.17) is 16.0 Å². The maximum atomic E-state index is 11.0. The zero-order valence-electron chi connectivity index (χ0n) is 8.35. The molecule has 12 heavy (non-hydrogen) atoms. The SMILES string of the molecule is C[SiH](C)OC(C(=O)Cl)C(C)(C)C. The summed E-state index contributed by atoms with van der Waals surface area (Å²) in [6, 6.07) is 0. The van der Waals surface area contributed by atoms with E-state index in [9.17, 15) is 4.79 Å². The number of carbonyl (C=O) groups excluding carboxylic acids is 1. The molecule has 72 valence electrons. The Labute approximate surface area is 81.0 Å². The van der Waals surface area contributed by atoms with Crippen molar-refractivity contribution in [2.45, 2.75) is 40.0 Å². The van der Waals surface area contributed by atoms with Crippen molar-refractivity contribution in [3.05, 3.63) is 0 Å².